The molecule has 2 atom stereocenters. The molecule has 1 saturated heterocycles. The van der Waals surface area contributed by atoms with Crippen LogP contribution in [0.3, 0.4) is 0 Å². The predicted octanol–water partition coefficient (Wildman–Crippen LogP) is 2.74. The van der Waals surface area contributed by atoms with Crippen molar-refractivity contribution in [3.8, 4) is 11.5 Å². The largest absolute Gasteiger partial charge is 0.497 e. The van der Waals surface area contributed by atoms with E-state index in [0.29, 0.717) is 12.1 Å². The van der Waals surface area contributed by atoms with Gasteiger partial charge in [0.2, 0.25) is 0 Å². The number of hydrogen-bond acceptors (Lipinski definition) is 4. The summed E-state index contributed by atoms with van der Waals surface area (Å²) in [7, 11) is 3.37. The summed E-state index contributed by atoms with van der Waals surface area (Å²) in [5.41, 5.74) is 1.08. The molecule has 1 aliphatic heterocycles. The fraction of sp³-hybridized carbons (Fsp3) is 0.625. The van der Waals surface area contributed by atoms with Crippen molar-refractivity contribution >= 4 is 5.69 Å². The fourth-order valence-corrected chi connectivity index (χ4v) is 3.20. The Hall–Kier alpha value is -1.42. The lowest BCUT2D eigenvalue weighted by Gasteiger charge is -2.20. The molecule has 4 nitrogen and oxygen atoms in total. The number of ether oxygens (including phenoxy) is 2. The Morgan fingerprint density at radius 3 is 2.30 bits per heavy atom. The molecule has 3 rings (SSSR count). The van der Waals surface area contributed by atoms with Crippen molar-refractivity contribution < 1.29 is 9.47 Å². The van der Waals surface area contributed by atoms with E-state index in [-0.39, 0.29) is 0 Å². The van der Waals surface area contributed by atoms with Gasteiger partial charge in [-0.15, -0.1) is 0 Å². The number of hydrogen-bond donors (Lipinski definition) is 1. The summed E-state index contributed by atoms with van der Waals surface area (Å²) >= 11 is 0. The van der Waals surface area contributed by atoms with Gasteiger partial charge in [0.15, 0.2) is 0 Å². The third-order valence-corrected chi connectivity index (χ3v) is 4.36. The summed E-state index contributed by atoms with van der Waals surface area (Å²) < 4.78 is 10.6. The van der Waals surface area contributed by atoms with Crippen LogP contribution in [0.25, 0.3) is 0 Å². The summed E-state index contributed by atoms with van der Waals surface area (Å²) in [5.74, 6) is 1.66. The van der Waals surface area contributed by atoms with E-state index < -0.39 is 0 Å². The Morgan fingerprint density at radius 1 is 1.10 bits per heavy atom. The van der Waals surface area contributed by atoms with Crippen LogP contribution in [0.15, 0.2) is 18.2 Å². The molecule has 1 aromatic rings. The predicted molar refractivity (Wildman–Crippen MR) is 80.8 cm³/mol. The minimum atomic E-state index is 0.516. The number of rotatable bonds is 5. The summed E-state index contributed by atoms with van der Waals surface area (Å²) in [4.78, 5) is 2.65. The van der Waals surface area contributed by atoms with E-state index in [1.54, 1.807) is 14.2 Å². The average Bonchev–Trinajstić information content (AvgIpc) is 3.23. The minimum absolute atomic E-state index is 0.516. The van der Waals surface area contributed by atoms with Gasteiger partial charge in [-0.05, 0) is 26.2 Å². The average molecular weight is 276 g/mol. The SMILES string of the molecule is COc1cc(NC2CC(C)N(C3CC3)C2)cc(OC)c1. The highest BCUT2D eigenvalue weighted by molar-refractivity contribution is 5.54. The van der Waals surface area contributed by atoms with Crippen molar-refractivity contribution in [2.75, 3.05) is 26.1 Å². The zero-order valence-corrected chi connectivity index (χ0v) is 12.6. The van der Waals surface area contributed by atoms with Crippen LogP contribution in [0, 0.1) is 0 Å². The number of likely N-dealkylation sites (tertiary alicyclic amines) is 1. The molecule has 1 aliphatic carbocycles. The van der Waals surface area contributed by atoms with Crippen molar-refractivity contribution in [2.24, 2.45) is 0 Å². The normalized spacial score (nSPS) is 26.6. The second-order valence-electron chi connectivity index (χ2n) is 5.96. The molecule has 0 radical (unpaired) electrons. The molecule has 1 saturated carbocycles. The Kier molecular flexibility index (Phi) is 3.74. The fourth-order valence-electron chi connectivity index (χ4n) is 3.20. The molecule has 2 unspecified atom stereocenters. The molecule has 2 fully saturated rings. The second kappa shape index (κ2) is 5.52. The third kappa shape index (κ3) is 2.85. The molecule has 0 aromatic heterocycles. The van der Waals surface area contributed by atoms with E-state index in [9.17, 15) is 0 Å². The maximum absolute atomic E-state index is 5.32. The van der Waals surface area contributed by atoms with Crippen LogP contribution >= 0.6 is 0 Å². The van der Waals surface area contributed by atoms with E-state index in [0.717, 1.165) is 29.8 Å². The standard InChI is InChI=1S/C16H24N2O2/c1-11-6-13(10-18(11)14-4-5-14)17-12-7-15(19-2)9-16(8-12)20-3/h7-9,11,13-14,17H,4-6,10H2,1-3H3. The summed E-state index contributed by atoms with van der Waals surface area (Å²) in [5, 5.41) is 3.63. The Morgan fingerprint density at radius 2 is 1.75 bits per heavy atom. The molecule has 0 spiro atoms. The van der Waals surface area contributed by atoms with Gasteiger partial charge in [-0.1, -0.05) is 0 Å². The van der Waals surface area contributed by atoms with Gasteiger partial charge in [0, 0.05) is 48.6 Å². The molecule has 1 N–H and O–H groups in total. The highest BCUT2D eigenvalue weighted by atomic mass is 16.5. The zero-order chi connectivity index (χ0) is 14.1. The molecule has 0 amide bonds. The third-order valence-electron chi connectivity index (χ3n) is 4.36. The molecule has 2 aliphatic rings. The van der Waals surface area contributed by atoms with E-state index in [1.807, 2.05) is 18.2 Å². The smallest absolute Gasteiger partial charge is 0.124 e. The monoisotopic (exact) mass is 276 g/mol. The molecule has 1 heterocycles. The van der Waals surface area contributed by atoms with Crippen LogP contribution in [0.1, 0.15) is 26.2 Å². The molecule has 0 bridgehead atoms. The maximum Gasteiger partial charge on any atom is 0.124 e. The Bertz CT molecular complexity index is 451. The summed E-state index contributed by atoms with van der Waals surface area (Å²) in [6.07, 6.45) is 3.96. The van der Waals surface area contributed by atoms with Crippen molar-refractivity contribution in [1.82, 2.24) is 4.90 Å². The molecular weight excluding hydrogens is 252 g/mol. The second-order valence-corrected chi connectivity index (χ2v) is 5.96. The van der Waals surface area contributed by atoms with Crippen LogP contribution in [0.2, 0.25) is 0 Å². The molecule has 20 heavy (non-hydrogen) atoms. The quantitative estimate of drug-likeness (QED) is 0.896. The van der Waals surface area contributed by atoms with Gasteiger partial charge in [0.25, 0.3) is 0 Å². The lowest BCUT2D eigenvalue weighted by molar-refractivity contribution is 0.257. The topological polar surface area (TPSA) is 33.7 Å². The number of benzene rings is 1. The number of methoxy groups -OCH3 is 2. The van der Waals surface area contributed by atoms with Crippen LogP contribution in [0.5, 0.6) is 11.5 Å². The van der Waals surface area contributed by atoms with E-state index in [1.165, 1.54) is 19.3 Å². The minimum Gasteiger partial charge on any atom is -0.497 e. The number of anilines is 1. The van der Waals surface area contributed by atoms with Gasteiger partial charge in [-0.2, -0.15) is 0 Å². The zero-order valence-electron chi connectivity index (χ0n) is 12.6. The Labute approximate surface area is 121 Å². The van der Waals surface area contributed by atoms with Gasteiger partial charge >= 0.3 is 0 Å². The van der Waals surface area contributed by atoms with E-state index in [4.69, 9.17) is 9.47 Å². The molecule has 110 valence electrons. The van der Waals surface area contributed by atoms with Gasteiger partial charge in [0.05, 0.1) is 14.2 Å². The van der Waals surface area contributed by atoms with E-state index >= 15 is 0 Å². The van der Waals surface area contributed by atoms with Gasteiger partial charge < -0.3 is 14.8 Å². The lowest BCUT2D eigenvalue weighted by Crippen LogP contribution is -2.31. The first-order chi connectivity index (χ1) is 9.69. The van der Waals surface area contributed by atoms with Crippen LogP contribution in [-0.2, 0) is 0 Å². The molecular formula is C16H24N2O2. The summed E-state index contributed by atoms with van der Waals surface area (Å²) in [6, 6.07) is 8.02. The van der Waals surface area contributed by atoms with Crippen LogP contribution in [-0.4, -0.2) is 43.8 Å². The number of nitrogens with zero attached hydrogens (tertiary/aromatic N) is 1. The highest BCUT2D eigenvalue weighted by Crippen LogP contribution is 2.34. The molecule has 4 heteroatoms. The van der Waals surface area contributed by atoms with Gasteiger partial charge in [-0.3, -0.25) is 4.90 Å². The van der Waals surface area contributed by atoms with Crippen LogP contribution in [0.4, 0.5) is 5.69 Å². The van der Waals surface area contributed by atoms with Crippen molar-refractivity contribution in [1.29, 1.82) is 0 Å². The Balaban J connectivity index is 1.68. The van der Waals surface area contributed by atoms with Crippen molar-refractivity contribution in [3.05, 3.63) is 18.2 Å². The maximum atomic E-state index is 5.32. The first kappa shape index (κ1) is 13.6. The van der Waals surface area contributed by atoms with Crippen LogP contribution < -0.4 is 14.8 Å². The van der Waals surface area contributed by atoms with Gasteiger partial charge in [-0.25, -0.2) is 0 Å². The summed E-state index contributed by atoms with van der Waals surface area (Å²) in [6.45, 7) is 3.48. The van der Waals surface area contributed by atoms with Crippen molar-refractivity contribution in [2.45, 2.75) is 44.3 Å². The van der Waals surface area contributed by atoms with E-state index in [2.05, 4.69) is 17.1 Å². The first-order valence-corrected chi connectivity index (χ1v) is 7.45. The van der Waals surface area contributed by atoms with Gasteiger partial charge in [0.1, 0.15) is 11.5 Å². The lowest BCUT2D eigenvalue weighted by atomic mass is 10.1. The highest BCUT2D eigenvalue weighted by Gasteiger charge is 2.38. The number of nitrogens with one attached hydrogen (secondary N) is 1. The first-order valence-electron chi connectivity index (χ1n) is 7.45. The molecule has 1 aromatic carbocycles. The van der Waals surface area contributed by atoms with Crippen molar-refractivity contribution in [3.63, 3.8) is 0 Å².